The van der Waals surface area contributed by atoms with Gasteiger partial charge in [-0.2, -0.15) is 0 Å². The molecule has 0 bridgehead atoms. The number of benzene rings is 2. The van der Waals surface area contributed by atoms with Crippen LogP contribution in [0.4, 0.5) is 0 Å². The fourth-order valence-corrected chi connectivity index (χ4v) is 5.37. The van der Waals surface area contributed by atoms with Crippen LogP contribution in [0.15, 0.2) is 53.0 Å². The third kappa shape index (κ3) is 3.62. The Hall–Kier alpha value is -2.67. The van der Waals surface area contributed by atoms with Gasteiger partial charge in [-0.1, -0.05) is 65.5 Å². The Morgan fingerprint density at radius 3 is 2.62 bits per heavy atom. The SMILES string of the molecule is C[C@]1(C(=O)NC2CCCCC2)Cn2c(nc3ccccc32)C(=O)N1Cc1ccccc1Br. The van der Waals surface area contributed by atoms with E-state index in [2.05, 4.69) is 26.2 Å². The quantitative estimate of drug-likeness (QED) is 0.573. The molecule has 2 amide bonds. The first kappa shape index (κ1) is 21.2. The van der Waals surface area contributed by atoms with Gasteiger partial charge < -0.3 is 14.8 Å². The first-order valence-corrected chi connectivity index (χ1v) is 12.1. The van der Waals surface area contributed by atoms with Gasteiger partial charge in [0.05, 0.1) is 17.6 Å². The van der Waals surface area contributed by atoms with E-state index in [1.165, 1.54) is 6.42 Å². The van der Waals surface area contributed by atoms with Crippen molar-refractivity contribution in [1.82, 2.24) is 19.8 Å². The molecule has 7 heteroatoms. The third-order valence-electron chi connectivity index (χ3n) is 6.87. The van der Waals surface area contributed by atoms with E-state index in [4.69, 9.17) is 0 Å². The molecule has 1 saturated carbocycles. The van der Waals surface area contributed by atoms with Crippen LogP contribution in [-0.2, 0) is 17.9 Å². The van der Waals surface area contributed by atoms with Gasteiger partial charge in [-0.3, -0.25) is 9.59 Å². The number of hydrogen-bond donors (Lipinski definition) is 1. The van der Waals surface area contributed by atoms with Crippen molar-refractivity contribution in [3.05, 3.63) is 64.4 Å². The van der Waals surface area contributed by atoms with E-state index < -0.39 is 5.54 Å². The summed E-state index contributed by atoms with van der Waals surface area (Å²) in [5.41, 5.74) is 1.59. The maximum Gasteiger partial charge on any atom is 0.291 e. The monoisotopic (exact) mass is 494 g/mol. The lowest BCUT2D eigenvalue weighted by atomic mass is 9.91. The number of nitrogens with zero attached hydrogens (tertiary/aromatic N) is 3. The minimum atomic E-state index is -1.03. The molecule has 0 unspecified atom stereocenters. The number of halogens is 1. The first-order valence-electron chi connectivity index (χ1n) is 11.3. The molecule has 0 spiro atoms. The van der Waals surface area contributed by atoms with Gasteiger partial charge in [-0.15, -0.1) is 0 Å². The zero-order chi connectivity index (χ0) is 22.3. The number of amides is 2. The third-order valence-corrected chi connectivity index (χ3v) is 7.64. The average Bonchev–Trinajstić information content (AvgIpc) is 3.17. The summed E-state index contributed by atoms with van der Waals surface area (Å²) in [6.07, 6.45) is 5.49. The van der Waals surface area contributed by atoms with Gasteiger partial charge in [0, 0.05) is 17.1 Å². The van der Waals surface area contributed by atoms with Crippen LogP contribution < -0.4 is 5.32 Å². The lowest BCUT2D eigenvalue weighted by Crippen LogP contribution is -2.64. The minimum absolute atomic E-state index is 0.0896. The molecule has 0 saturated heterocycles. The molecule has 5 rings (SSSR count). The summed E-state index contributed by atoms with van der Waals surface area (Å²) in [5.74, 6) is 0.0823. The highest BCUT2D eigenvalue weighted by molar-refractivity contribution is 9.10. The molecule has 32 heavy (non-hydrogen) atoms. The molecule has 3 aromatic rings. The van der Waals surface area contributed by atoms with Gasteiger partial charge in [0.2, 0.25) is 5.91 Å². The Morgan fingerprint density at radius 1 is 1.12 bits per heavy atom. The van der Waals surface area contributed by atoms with Gasteiger partial charge >= 0.3 is 0 Å². The van der Waals surface area contributed by atoms with Crippen LogP contribution in [0.1, 0.15) is 55.2 Å². The van der Waals surface area contributed by atoms with Gasteiger partial charge in [0.15, 0.2) is 5.82 Å². The fourth-order valence-electron chi connectivity index (χ4n) is 4.96. The summed E-state index contributed by atoms with van der Waals surface area (Å²) < 4.78 is 2.83. The van der Waals surface area contributed by atoms with E-state index in [1.807, 2.05) is 60.0 Å². The number of fused-ring (bicyclic) bond motifs is 3. The molecule has 1 aromatic heterocycles. The van der Waals surface area contributed by atoms with Crippen LogP contribution in [0.5, 0.6) is 0 Å². The molecule has 2 aliphatic rings. The van der Waals surface area contributed by atoms with Crippen molar-refractivity contribution in [2.75, 3.05) is 0 Å². The average molecular weight is 495 g/mol. The van der Waals surface area contributed by atoms with Crippen LogP contribution in [0.3, 0.4) is 0 Å². The Balaban J connectivity index is 1.56. The minimum Gasteiger partial charge on any atom is -0.351 e. The molecule has 2 heterocycles. The topological polar surface area (TPSA) is 67.2 Å². The number of carbonyl (C=O) groups excluding carboxylic acids is 2. The smallest absolute Gasteiger partial charge is 0.291 e. The molecular formula is C25H27BrN4O2. The summed E-state index contributed by atoms with van der Waals surface area (Å²) >= 11 is 3.60. The molecule has 1 aliphatic heterocycles. The van der Waals surface area contributed by atoms with E-state index in [-0.39, 0.29) is 17.9 Å². The molecule has 1 fully saturated rings. The summed E-state index contributed by atoms with van der Waals surface area (Å²) in [7, 11) is 0. The maximum atomic E-state index is 13.8. The fraction of sp³-hybridized carbons (Fsp3) is 0.400. The summed E-state index contributed by atoms with van der Waals surface area (Å²) in [6.45, 7) is 2.59. The van der Waals surface area contributed by atoms with Crippen molar-refractivity contribution in [2.45, 2.75) is 63.7 Å². The molecule has 0 radical (unpaired) electrons. The second-order valence-electron chi connectivity index (χ2n) is 9.08. The Bertz CT molecular complexity index is 1180. The van der Waals surface area contributed by atoms with Crippen molar-refractivity contribution in [1.29, 1.82) is 0 Å². The number of hydrogen-bond acceptors (Lipinski definition) is 3. The highest BCUT2D eigenvalue weighted by Crippen LogP contribution is 2.33. The van der Waals surface area contributed by atoms with Crippen molar-refractivity contribution in [3.8, 4) is 0 Å². The normalized spacial score (nSPS) is 21.6. The largest absolute Gasteiger partial charge is 0.351 e. The molecule has 166 valence electrons. The second-order valence-corrected chi connectivity index (χ2v) is 9.93. The molecule has 1 N–H and O–H groups in total. The summed E-state index contributed by atoms with van der Waals surface area (Å²) in [4.78, 5) is 33.8. The number of carbonyl (C=O) groups is 2. The van der Waals surface area contributed by atoms with Gasteiger partial charge in [0.25, 0.3) is 5.91 Å². The maximum absolute atomic E-state index is 13.8. The number of aromatic nitrogens is 2. The highest BCUT2D eigenvalue weighted by atomic mass is 79.9. The standard InChI is InChI=1S/C25H27BrN4O2/c1-25(24(32)27-18-10-3-2-4-11-18)16-29-21-14-8-7-13-20(21)28-22(29)23(31)30(25)15-17-9-5-6-12-19(17)26/h5-9,12-14,18H,2-4,10-11,15-16H2,1H3,(H,27,32)/t25-/m1/s1. The van der Waals surface area contributed by atoms with Crippen molar-refractivity contribution in [2.24, 2.45) is 0 Å². The number of rotatable bonds is 4. The number of imidazole rings is 1. The van der Waals surface area contributed by atoms with Gasteiger partial charge in [0.1, 0.15) is 5.54 Å². The molecular weight excluding hydrogens is 468 g/mol. The van der Waals surface area contributed by atoms with E-state index >= 15 is 0 Å². The molecule has 1 aliphatic carbocycles. The van der Waals surface area contributed by atoms with Crippen molar-refractivity contribution < 1.29 is 9.59 Å². The van der Waals surface area contributed by atoms with E-state index in [0.717, 1.165) is 46.8 Å². The zero-order valence-electron chi connectivity index (χ0n) is 18.2. The van der Waals surface area contributed by atoms with Crippen LogP contribution in [0.2, 0.25) is 0 Å². The lowest BCUT2D eigenvalue weighted by molar-refractivity contribution is -0.134. The van der Waals surface area contributed by atoms with Crippen LogP contribution in [0, 0.1) is 0 Å². The Morgan fingerprint density at radius 2 is 1.84 bits per heavy atom. The highest BCUT2D eigenvalue weighted by Gasteiger charge is 2.49. The predicted molar refractivity (Wildman–Crippen MR) is 127 cm³/mol. The zero-order valence-corrected chi connectivity index (χ0v) is 19.8. The second kappa shape index (κ2) is 8.35. The van der Waals surface area contributed by atoms with E-state index in [9.17, 15) is 9.59 Å². The number of para-hydroxylation sites is 2. The summed E-state index contributed by atoms with van der Waals surface area (Å²) in [5, 5.41) is 3.27. The van der Waals surface area contributed by atoms with Crippen molar-refractivity contribution >= 4 is 38.8 Å². The Labute approximate surface area is 196 Å². The van der Waals surface area contributed by atoms with Gasteiger partial charge in [-0.05, 0) is 43.5 Å². The first-order chi connectivity index (χ1) is 15.5. The van der Waals surface area contributed by atoms with Crippen molar-refractivity contribution in [3.63, 3.8) is 0 Å². The van der Waals surface area contributed by atoms with E-state index in [0.29, 0.717) is 18.9 Å². The molecule has 2 aromatic carbocycles. The van der Waals surface area contributed by atoms with E-state index in [1.54, 1.807) is 4.90 Å². The number of nitrogens with one attached hydrogen (secondary N) is 1. The molecule has 6 nitrogen and oxygen atoms in total. The Kier molecular flexibility index (Phi) is 5.53. The summed E-state index contributed by atoms with van der Waals surface area (Å²) in [6, 6.07) is 15.7. The van der Waals surface area contributed by atoms with Gasteiger partial charge in [-0.25, -0.2) is 4.98 Å². The predicted octanol–water partition coefficient (Wildman–Crippen LogP) is 4.66. The van der Waals surface area contributed by atoms with Crippen LogP contribution in [-0.4, -0.2) is 37.8 Å². The van der Waals surface area contributed by atoms with Crippen LogP contribution in [0.25, 0.3) is 11.0 Å². The lowest BCUT2D eigenvalue weighted by Gasteiger charge is -2.44. The molecule has 1 atom stereocenters. The van der Waals surface area contributed by atoms with Crippen LogP contribution >= 0.6 is 15.9 Å².